The van der Waals surface area contributed by atoms with Crippen LogP contribution in [0.1, 0.15) is 9.67 Å². The molecular weight excluding hydrogens is 271 g/mol. The lowest BCUT2D eigenvalue weighted by molar-refractivity contribution is 0.0697. The van der Waals surface area contributed by atoms with E-state index < -0.39 is 11.8 Å². The monoisotopic (exact) mass is 282 g/mol. The van der Waals surface area contributed by atoms with Gasteiger partial charge in [-0.3, -0.25) is 0 Å². The van der Waals surface area contributed by atoms with Gasteiger partial charge >= 0.3 is 5.97 Å². The summed E-state index contributed by atoms with van der Waals surface area (Å²) >= 11 is 1.09. The fourth-order valence-electron chi connectivity index (χ4n) is 1.43. The normalized spacial score (nSPS) is 10.2. The van der Waals surface area contributed by atoms with Crippen LogP contribution in [0.15, 0.2) is 35.7 Å². The fourth-order valence-corrected chi connectivity index (χ4v) is 2.10. The second kappa shape index (κ2) is 6.19. The molecule has 0 aliphatic heterocycles. The van der Waals surface area contributed by atoms with Gasteiger partial charge in [0.05, 0.1) is 0 Å². The van der Waals surface area contributed by atoms with Gasteiger partial charge < -0.3 is 14.6 Å². The molecule has 1 N–H and O–H groups in total. The molecule has 0 saturated heterocycles. The summed E-state index contributed by atoms with van der Waals surface area (Å²) in [6.45, 7) is 0.279. The number of benzene rings is 1. The largest absolute Gasteiger partial charge is 0.488 e. The van der Waals surface area contributed by atoms with Crippen molar-refractivity contribution in [2.75, 3.05) is 13.2 Å². The first-order chi connectivity index (χ1) is 9.18. The predicted molar refractivity (Wildman–Crippen MR) is 68.7 cm³/mol. The second-order valence-electron chi connectivity index (χ2n) is 3.55. The van der Waals surface area contributed by atoms with Crippen molar-refractivity contribution < 1.29 is 23.8 Å². The highest BCUT2D eigenvalue weighted by Gasteiger charge is 2.12. The summed E-state index contributed by atoms with van der Waals surface area (Å²) in [5.74, 6) is -1.02. The average molecular weight is 282 g/mol. The van der Waals surface area contributed by atoms with Gasteiger partial charge in [0.1, 0.15) is 19.0 Å². The van der Waals surface area contributed by atoms with Crippen LogP contribution in [-0.4, -0.2) is 24.3 Å². The highest BCUT2D eigenvalue weighted by atomic mass is 32.1. The fraction of sp³-hybridized carbons (Fsp3) is 0.154. The van der Waals surface area contributed by atoms with Gasteiger partial charge in [0.15, 0.2) is 16.4 Å². The minimum atomic E-state index is -1.03. The van der Waals surface area contributed by atoms with E-state index in [1.54, 1.807) is 23.6 Å². The Labute approximate surface area is 113 Å². The van der Waals surface area contributed by atoms with E-state index in [0.29, 0.717) is 5.75 Å². The van der Waals surface area contributed by atoms with Crippen LogP contribution in [0.4, 0.5) is 4.39 Å². The summed E-state index contributed by atoms with van der Waals surface area (Å²) in [6.07, 6.45) is 0. The van der Waals surface area contributed by atoms with Crippen LogP contribution in [0.5, 0.6) is 11.5 Å². The molecule has 0 unspecified atom stereocenters. The topological polar surface area (TPSA) is 55.8 Å². The summed E-state index contributed by atoms with van der Waals surface area (Å²) in [5, 5.41) is 10.5. The number of para-hydroxylation sites is 1. The Morgan fingerprint density at radius 3 is 2.53 bits per heavy atom. The van der Waals surface area contributed by atoms with Crippen molar-refractivity contribution in [3.63, 3.8) is 0 Å². The Hall–Kier alpha value is -2.08. The molecule has 1 aromatic carbocycles. The molecule has 2 aromatic rings. The van der Waals surface area contributed by atoms with Crippen LogP contribution < -0.4 is 9.47 Å². The smallest absolute Gasteiger partial charge is 0.349 e. The van der Waals surface area contributed by atoms with E-state index >= 15 is 0 Å². The summed E-state index contributed by atoms with van der Waals surface area (Å²) in [6, 6.07) is 7.64. The molecule has 0 bridgehead atoms. The molecule has 0 saturated carbocycles. The molecule has 0 aliphatic carbocycles. The first kappa shape index (κ1) is 13.4. The maximum atomic E-state index is 13.2. The Balaban J connectivity index is 1.83. The zero-order chi connectivity index (χ0) is 13.7. The molecule has 1 aromatic heterocycles. The maximum absolute atomic E-state index is 13.2. The van der Waals surface area contributed by atoms with E-state index in [1.807, 2.05) is 0 Å². The Morgan fingerprint density at radius 2 is 1.84 bits per heavy atom. The summed E-state index contributed by atoms with van der Waals surface area (Å²) in [5.41, 5.74) is 0. The van der Waals surface area contributed by atoms with E-state index in [2.05, 4.69) is 0 Å². The molecule has 0 aliphatic rings. The number of halogens is 1. The number of carbonyl (C=O) groups is 1. The van der Waals surface area contributed by atoms with Crippen molar-refractivity contribution in [1.29, 1.82) is 0 Å². The van der Waals surface area contributed by atoms with Gasteiger partial charge in [0.25, 0.3) is 0 Å². The SMILES string of the molecule is O=C(O)c1sccc1OCCOc1ccccc1F. The first-order valence-electron chi connectivity index (χ1n) is 5.49. The van der Waals surface area contributed by atoms with Gasteiger partial charge in [0.2, 0.25) is 0 Å². The zero-order valence-electron chi connectivity index (χ0n) is 9.84. The molecule has 2 rings (SSSR count). The van der Waals surface area contributed by atoms with Crippen molar-refractivity contribution in [3.05, 3.63) is 46.4 Å². The average Bonchev–Trinajstić information content (AvgIpc) is 2.85. The van der Waals surface area contributed by atoms with Crippen molar-refractivity contribution in [2.45, 2.75) is 0 Å². The van der Waals surface area contributed by atoms with Crippen molar-refractivity contribution in [2.24, 2.45) is 0 Å². The first-order valence-corrected chi connectivity index (χ1v) is 6.37. The van der Waals surface area contributed by atoms with Gasteiger partial charge in [-0.25, -0.2) is 9.18 Å². The number of ether oxygens (including phenoxy) is 2. The number of hydrogen-bond acceptors (Lipinski definition) is 4. The summed E-state index contributed by atoms with van der Waals surface area (Å²) < 4.78 is 23.7. The van der Waals surface area contributed by atoms with E-state index in [1.165, 1.54) is 12.1 Å². The molecule has 1 heterocycles. The molecule has 0 spiro atoms. The summed E-state index contributed by atoms with van der Waals surface area (Å²) in [7, 11) is 0. The van der Waals surface area contributed by atoms with Gasteiger partial charge in [-0.2, -0.15) is 0 Å². The molecular formula is C13H11FO4S. The number of hydrogen-bond donors (Lipinski definition) is 1. The third-order valence-corrected chi connectivity index (χ3v) is 3.14. The highest BCUT2D eigenvalue weighted by molar-refractivity contribution is 7.12. The van der Waals surface area contributed by atoms with E-state index in [0.717, 1.165) is 11.3 Å². The Bertz CT molecular complexity index is 567. The van der Waals surface area contributed by atoms with Crippen LogP contribution >= 0.6 is 11.3 Å². The molecule has 0 radical (unpaired) electrons. The number of carboxylic acids is 1. The van der Waals surface area contributed by atoms with Gasteiger partial charge in [-0.15, -0.1) is 11.3 Å². The number of thiophene rings is 1. The van der Waals surface area contributed by atoms with E-state index in [9.17, 15) is 9.18 Å². The highest BCUT2D eigenvalue weighted by Crippen LogP contribution is 2.24. The van der Waals surface area contributed by atoms with Gasteiger partial charge in [0, 0.05) is 0 Å². The lowest BCUT2D eigenvalue weighted by atomic mass is 10.3. The molecule has 0 fully saturated rings. The minimum absolute atomic E-state index is 0.135. The molecule has 19 heavy (non-hydrogen) atoms. The van der Waals surface area contributed by atoms with Crippen molar-refractivity contribution >= 4 is 17.3 Å². The van der Waals surface area contributed by atoms with E-state index in [-0.39, 0.29) is 23.8 Å². The maximum Gasteiger partial charge on any atom is 0.349 e. The van der Waals surface area contributed by atoms with Crippen LogP contribution in [0.3, 0.4) is 0 Å². The van der Waals surface area contributed by atoms with Gasteiger partial charge in [-0.05, 0) is 23.6 Å². The molecule has 0 atom stereocenters. The van der Waals surface area contributed by atoms with Crippen molar-refractivity contribution in [3.8, 4) is 11.5 Å². The predicted octanol–water partition coefficient (Wildman–Crippen LogP) is 3.04. The number of aromatic carboxylic acids is 1. The third kappa shape index (κ3) is 3.45. The van der Waals surface area contributed by atoms with Crippen LogP contribution in [0, 0.1) is 5.82 Å². The van der Waals surface area contributed by atoms with Gasteiger partial charge in [-0.1, -0.05) is 12.1 Å². The number of rotatable bonds is 6. The van der Waals surface area contributed by atoms with Crippen LogP contribution in [0.2, 0.25) is 0 Å². The standard InChI is InChI=1S/C13H11FO4S/c14-9-3-1-2-4-10(9)17-6-7-18-11-5-8-19-12(11)13(15)16/h1-5,8H,6-7H2,(H,15,16). The molecule has 0 amide bonds. The lowest BCUT2D eigenvalue weighted by Crippen LogP contribution is -2.10. The minimum Gasteiger partial charge on any atom is -0.488 e. The molecule has 4 nitrogen and oxygen atoms in total. The number of carboxylic acid groups (broad SMARTS) is 1. The van der Waals surface area contributed by atoms with Crippen molar-refractivity contribution in [1.82, 2.24) is 0 Å². The zero-order valence-corrected chi connectivity index (χ0v) is 10.7. The van der Waals surface area contributed by atoms with Crippen LogP contribution in [-0.2, 0) is 0 Å². The lowest BCUT2D eigenvalue weighted by Gasteiger charge is -2.08. The quantitative estimate of drug-likeness (QED) is 0.827. The molecule has 100 valence electrons. The Morgan fingerprint density at radius 1 is 1.16 bits per heavy atom. The second-order valence-corrected chi connectivity index (χ2v) is 4.46. The Kier molecular flexibility index (Phi) is 4.35. The van der Waals surface area contributed by atoms with E-state index in [4.69, 9.17) is 14.6 Å². The summed E-state index contributed by atoms with van der Waals surface area (Å²) in [4.78, 5) is 11.0. The van der Waals surface area contributed by atoms with Crippen LogP contribution in [0.25, 0.3) is 0 Å². The molecule has 6 heteroatoms. The third-order valence-electron chi connectivity index (χ3n) is 2.26.